The van der Waals surface area contributed by atoms with Crippen molar-refractivity contribution in [2.24, 2.45) is 13.0 Å². The molecule has 34 heavy (non-hydrogen) atoms. The van der Waals surface area contributed by atoms with Gasteiger partial charge < -0.3 is 15.2 Å². The number of anilines is 1. The molecule has 0 unspecified atom stereocenters. The third-order valence-corrected chi connectivity index (χ3v) is 6.93. The number of benzene rings is 2. The third-order valence-electron chi connectivity index (χ3n) is 4.83. The van der Waals surface area contributed by atoms with Crippen molar-refractivity contribution in [2.45, 2.75) is 31.5 Å². The highest BCUT2D eigenvalue weighted by Gasteiger charge is 2.24. The monoisotopic (exact) mass is 583 g/mol. The zero-order chi connectivity index (χ0) is 24.8. The third kappa shape index (κ3) is 7.21. The van der Waals surface area contributed by atoms with Gasteiger partial charge in [-0.2, -0.15) is 0 Å². The van der Waals surface area contributed by atoms with E-state index in [0.29, 0.717) is 33.7 Å². The first kappa shape index (κ1) is 26.5. The summed E-state index contributed by atoms with van der Waals surface area (Å²) in [5, 5.41) is 15.7. The molecule has 11 heteroatoms. The van der Waals surface area contributed by atoms with Crippen molar-refractivity contribution in [1.82, 2.24) is 20.1 Å². The SMILES string of the molecule is CC(C)C[C@H](NC(=O)c1ccc(Cl)cc1Cl)c1nnc(SCC(=O)Nc2ccc(Br)cc2)n1C. The summed E-state index contributed by atoms with van der Waals surface area (Å²) in [6.07, 6.45) is 0.650. The van der Waals surface area contributed by atoms with Crippen LogP contribution in [0.5, 0.6) is 0 Å². The Bertz CT molecular complexity index is 1170. The summed E-state index contributed by atoms with van der Waals surface area (Å²) >= 11 is 16.8. The molecule has 0 spiro atoms. The van der Waals surface area contributed by atoms with Crippen LogP contribution in [-0.2, 0) is 11.8 Å². The maximum absolute atomic E-state index is 12.9. The Balaban J connectivity index is 1.69. The summed E-state index contributed by atoms with van der Waals surface area (Å²) in [5.41, 5.74) is 1.05. The lowest BCUT2D eigenvalue weighted by Crippen LogP contribution is -2.31. The largest absolute Gasteiger partial charge is 0.342 e. The van der Waals surface area contributed by atoms with E-state index in [1.165, 1.54) is 17.8 Å². The smallest absolute Gasteiger partial charge is 0.253 e. The molecular weight excluding hydrogens is 561 g/mol. The first-order valence-electron chi connectivity index (χ1n) is 10.5. The van der Waals surface area contributed by atoms with Crippen LogP contribution in [0.25, 0.3) is 0 Å². The summed E-state index contributed by atoms with van der Waals surface area (Å²) in [4.78, 5) is 25.3. The summed E-state index contributed by atoms with van der Waals surface area (Å²) in [7, 11) is 1.82. The molecule has 3 aromatic rings. The number of hydrogen-bond acceptors (Lipinski definition) is 5. The Morgan fingerprint density at radius 1 is 1.12 bits per heavy atom. The molecule has 3 rings (SSSR count). The minimum absolute atomic E-state index is 0.152. The Labute approximate surface area is 221 Å². The van der Waals surface area contributed by atoms with Crippen molar-refractivity contribution in [2.75, 3.05) is 11.1 Å². The van der Waals surface area contributed by atoms with E-state index in [0.717, 1.165) is 4.47 Å². The lowest BCUT2D eigenvalue weighted by molar-refractivity contribution is -0.113. The summed E-state index contributed by atoms with van der Waals surface area (Å²) in [6, 6.07) is 11.7. The van der Waals surface area contributed by atoms with Crippen molar-refractivity contribution in [3.63, 3.8) is 0 Å². The molecule has 1 heterocycles. The Morgan fingerprint density at radius 3 is 2.47 bits per heavy atom. The van der Waals surface area contributed by atoms with Crippen LogP contribution in [-0.4, -0.2) is 32.3 Å². The van der Waals surface area contributed by atoms with E-state index in [9.17, 15) is 9.59 Å². The highest BCUT2D eigenvalue weighted by molar-refractivity contribution is 9.10. The van der Waals surface area contributed by atoms with Gasteiger partial charge in [0.1, 0.15) is 0 Å². The average Bonchev–Trinajstić information content (AvgIpc) is 3.13. The Morgan fingerprint density at radius 2 is 1.82 bits per heavy atom. The molecule has 0 saturated carbocycles. The Kier molecular flexibility index (Phi) is 9.41. The highest BCUT2D eigenvalue weighted by Crippen LogP contribution is 2.26. The van der Waals surface area contributed by atoms with Gasteiger partial charge in [-0.3, -0.25) is 9.59 Å². The number of nitrogens with zero attached hydrogens (tertiary/aromatic N) is 3. The van der Waals surface area contributed by atoms with E-state index in [1.807, 2.05) is 31.3 Å². The molecule has 0 aliphatic heterocycles. The fraction of sp³-hybridized carbons (Fsp3) is 0.304. The second-order valence-corrected chi connectivity index (χ2v) is 10.7. The van der Waals surface area contributed by atoms with E-state index in [4.69, 9.17) is 23.2 Å². The van der Waals surface area contributed by atoms with Crippen LogP contribution in [0.2, 0.25) is 10.0 Å². The zero-order valence-corrected chi connectivity index (χ0v) is 22.7. The van der Waals surface area contributed by atoms with Crippen LogP contribution in [0.15, 0.2) is 52.1 Å². The number of amides is 2. The quantitative estimate of drug-likeness (QED) is 0.295. The van der Waals surface area contributed by atoms with Crippen LogP contribution in [0.3, 0.4) is 0 Å². The molecule has 7 nitrogen and oxygen atoms in total. The molecule has 1 atom stereocenters. The van der Waals surface area contributed by atoms with Gasteiger partial charge in [-0.05, 0) is 54.8 Å². The summed E-state index contributed by atoms with van der Waals surface area (Å²) in [6.45, 7) is 4.12. The molecule has 180 valence electrons. The van der Waals surface area contributed by atoms with E-state index in [1.54, 1.807) is 16.7 Å². The molecule has 0 saturated heterocycles. The molecule has 2 amide bonds. The number of halogens is 3. The van der Waals surface area contributed by atoms with E-state index < -0.39 is 0 Å². The van der Waals surface area contributed by atoms with Crippen molar-refractivity contribution in [1.29, 1.82) is 0 Å². The second-order valence-electron chi connectivity index (χ2n) is 8.02. The van der Waals surface area contributed by atoms with Gasteiger partial charge >= 0.3 is 0 Å². The first-order valence-corrected chi connectivity index (χ1v) is 13.0. The van der Waals surface area contributed by atoms with Crippen LogP contribution in [0.1, 0.15) is 42.5 Å². The minimum Gasteiger partial charge on any atom is -0.342 e. The molecule has 2 N–H and O–H groups in total. The van der Waals surface area contributed by atoms with Crippen LogP contribution in [0, 0.1) is 5.92 Å². The molecule has 0 aliphatic rings. The van der Waals surface area contributed by atoms with Crippen molar-refractivity contribution >= 4 is 68.4 Å². The van der Waals surface area contributed by atoms with Gasteiger partial charge in [0.2, 0.25) is 5.91 Å². The number of nitrogens with one attached hydrogen (secondary N) is 2. The molecule has 2 aromatic carbocycles. The lowest BCUT2D eigenvalue weighted by atomic mass is 10.0. The van der Waals surface area contributed by atoms with Crippen molar-refractivity contribution in [3.8, 4) is 0 Å². The molecule has 0 aliphatic carbocycles. The molecule has 0 radical (unpaired) electrons. The number of hydrogen-bond donors (Lipinski definition) is 2. The van der Waals surface area contributed by atoms with Gasteiger partial charge in [0, 0.05) is 22.2 Å². The number of carbonyl (C=O) groups is 2. The molecule has 1 aromatic heterocycles. The lowest BCUT2D eigenvalue weighted by Gasteiger charge is -2.20. The van der Waals surface area contributed by atoms with Gasteiger partial charge in [0.05, 0.1) is 22.4 Å². The van der Waals surface area contributed by atoms with E-state index >= 15 is 0 Å². The molecule has 0 bridgehead atoms. The van der Waals surface area contributed by atoms with Gasteiger partial charge in [0.25, 0.3) is 5.91 Å². The fourth-order valence-corrected chi connectivity index (χ4v) is 4.70. The maximum Gasteiger partial charge on any atom is 0.253 e. The number of rotatable bonds is 9. The summed E-state index contributed by atoms with van der Waals surface area (Å²) < 4.78 is 2.74. The zero-order valence-electron chi connectivity index (χ0n) is 18.8. The standard InChI is InChI=1S/C23H24BrCl2N5O2S/c1-13(2)10-19(28-22(33)17-9-6-15(25)11-18(17)26)21-29-30-23(31(21)3)34-12-20(32)27-16-7-4-14(24)5-8-16/h4-9,11,13,19H,10,12H2,1-3H3,(H,27,32)(H,28,33)/t19-/m0/s1. The second kappa shape index (κ2) is 12.1. The molecule has 0 fully saturated rings. The van der Waals surface area contributed by atoms with Gasteiger partial charge in [-0.15, -0.1) is 10.2 Å². The van der Waals surface area contributed by atoms with Crippen LogP contribution >= 0.6 is 50.9 Å². The topological polar surface area (TPSA) is 88.9 Å². The van der Waals surface area contributed by atoms with Crippen molar-refractivity contribution in [3.05, 3.63) is 68.4 Å². The van der Waals surface area contributed by atoms with Crippen LogP contribution < -0.4 is 10.6 Å². The average molecular weight is 585 g/mol. The van der Waals surface area contributed by atoms with Gasteiger partial charge in [-0.25, -0.2) is 0 Å². The predicted octanol–water partition coefficient (Wildman–Crippen LogP) is 6.13. The number of thioether (sulfide) groups is 1. The van der Waals surface area contributed by atoms with Gasteiger partial charge in [0.15, 0.2) is 11.0 Å². The first-order chi connectivity index (χ1) is 16.1. The maximum atomic E-state index is 12.9. The fourth-order valence-electron chi connectivity index (χ4n) is 3.23. The predicted molar refractivity (Wildman–Crippen MR) is 141 cm³/mol. The van der Waals surface area contributed by atoms with Gasteiger partial charge in [-0.1, -0.05) is 64.7 Å². The Hall–Kier alpha value is -2.07. The van der Waals surface area contributed by atoms with E-state index in [-0.39, 0.29) is 34.5 Å². The highest BCUT2D eigenvalue weighted by atomic mass is 79.9. The molecular formula is C23H24BrCl2N5O2S. The number of carbonyl (C=O) groups excluding carboxylic acids is 2. The summed E-state index contributed by atoms with van der Waals surface area (Å²) in [5.74, 6) is 0.585. The normalized spacial score (nSPS) is 12.0. The number of aromatic nitrogens is 3. The van der Waals surface area contributed by atoms with E-state index in [2.05, 4.69) is 50.6 Å². The van der Waals surface area contributed by atoms with Crippen LogP contribution in [0.4, 0.5) is 5.69 Å². The van der Waals surface area contributed by atoms with Crippen molar-refractivity contribution < 1.29 is 9.59 Å². The minimum atomic E-state index is -0.386.